The Kier molecular flexibility index (Phi) is 5.77. The molecule has 2 aliphatic rings. The predicted octanol–water partition coefficient (Wildman–Crippen LogP) is 6.07. The number of ether oxygens (including phenoxy) is 1. The average molecular weight is 459 g/mol. The molecule has 0 fully saturated rings. The Morgan fingerprint density at radius 2 is 1.88 bits per heavy atom. The number of hydrogen-bond acceptors (Lipinski definition) is 5. The van der Waals surface area contributed by atoms with Gasteiger partial charge in [0, 0.05) is 29.0 Å². The van der Waals surface area contributed by atoms with Crippen LogP contribution in [0.4, 0.5) is 11.4 Å². The second kappa shape index (κ2) is 8.87. The maximum atomic E-state index is 13.7. The summed E-state index contributed by atoms with van der Waals surface area (Å²) >= 11 is 1.58. The molecule has 168 valence electrons. The first-order valence-electron chi connectivity index (χ1n) is 11.2. The molecule has 0 saturated carbocycles. The van der Waals surface area contributed by atoms with E-state index in [9.17, 15) is 9.59 Å². The van der Waals surface area contributed by atoms with E-state index >= 15 is 0 Å². The molecule has 1 amide bonds. The number of benzene rings is 2. The van der Waals surface area contributed by atoms with Gasteiger partial charge in [0.15, 0.2) is 5.78 Å². The van der Waals surface area contributed by atoms with Crippen LogP contribution < -0.4 is 15.0 Å². The number of fused-ring (bicyclic) bond motifs is 1. The molecule has 0 spiro atoms. The number of nitrogens with one attached hydrogen (secondary N) is 1. The van der Waals surface area contributed by atoms with Gasteiger partial charge in [-0.1, -0.05) is 37.3 Å². The van der Waals surface area contributed by atoms with Crippen molar-refractivity contribution in [2.45, 2.75) is 38.1 Å². The number of thiophene rings is 1. The summed E-state index contributed by atoms with van der Waals surface area (Å²) in [7, 11) is 1.65. The summed E-state index contributed by atoms with van der Waals surface area (Å²) in [6, 6.07) is 19.4. The van der Waals surface area contributed by atoms with Gasteiger partial charge in [-0.15, -0.1) is 11.3 Å². The SMILES string of the molecule is CCC(=O)N1c2ccccc2NC2=C(C(=O)C[C@@H](c3ccc(OC)cc3)C2)[C@H]1c1cccs1. The second-order valence-electron chi connectivity index (χ2n) is 8.37. The minimum atomic E-state index is -0.423. The number of Topliss-reactive ketones (excluding diaryl/α,β-unsaturated/α-hetero) is 1. The maximum absolute atomic E-state index is 13.7. The van der Waals surface area contributed by atoms with Crippen molar-refractivity contribution in [1.82, 2.24) is 0 Å². The van der Waals surface area contributed by atoms with E-state index in [1.807, 2.05) is 77.9 Å². The fourth-order valence-corrected chi connectivity index (χ4v) is 5.69. The largest absolute Gasteiger partial charge is 0.497 e. The number of anilines is 2. The number of hydrogen-bond donors (Lipinski definition) is 1. The van der Waals surface area contributed by atoms with Gasteiger partial charge in [0.05, 0.1) is 18.5 Å². The molecule has 0 bridgehead atoms. The topological polar surface area (TPSA) is 58.6 Å². The van der Waals surface area contributed by atoms with Crippen LogP contribution in [0.5, 0.6) is 5.75 Å². The fraction of sp³-hybridized carbons (Fsp3) is 0.259. The zero-order valence-corrected chi connectivity index (χ0v) is 19.5. The van der Waals surface area contributed by atoms with Crippen molar-refractivity contribution >= 4 is 34.4 Å². The van der Waals surface area contributed by atoms with Crippen LogP contribution in [0, 0.1) is 0 Å². The highest BCUT2D eigenvalue weighted by Gasteiger charge is 2.41. The average Bonchev–Trinajstić information content (AvgIpc) is 3.33. The number of amides is 1. The molecule has 1 aromatic heterocycles. The summed E-state index contributed by atoms with van der Waals surface area (Å²) < 4.78 is 5.29. The van der Waals surface area contributed by atoms with Gasteiger partial charge in [-0.05, 0) is 53.6 Å². The van der Waals surface area contributed by atoms with E-state index in [-0.39, 0.29) is 17.6 Å². The van der Waals surface area contributed by atoms with Gasteiger partial charge in [0.2, 0.25) is 5.91 Å². The van der Waals surface area contributed by atoms with E-state index in [0.29, 0.717) is 24.8 Å². The molecule has 1 aliphatic heterocycles. The van der Waals surface area contributed by atoms with Crippen LogP contribution in [-0.4, -0.2) is 18.8 Å². The molecule has 0 saturated heterocycles. The smallest absolute Gasteiger partial charge is 0.227 e. The van der Waals surface area contributed by atoms with E-state index in [4.69, 9.17) is 4.74 Å². The monoisotopic (exact) mass is 458 g/mol. The second-order valence-corrected chi connectivity index (χ2v) is 9.35. The van der Waals surface area contributed by atoms with Gasteiger partial charge in [-0.2, -0.15) is 0 Å². The number of carbonyl (C=O) groups is 2. The molecule has 2 aromatic carbocycles. The number of methoxy groups -OCH3 is 1. The van der Waals surface area contributed by atoms with Gasteiger partial charge in [-0.25, -0.2) is 0 Å². The number of ketones is 1. The number of carbonyl (C=O) groups excluding carboxylic acids is 2. The van der Waals surface area contributed by atoms with Gasteiger partial charge < -0.3 is 10.1 Å². The van der Waals surface area contributed by atoms with Gasteiger partial charge in [0.1, 0.15) is 11.8 Å². The van der Waals surface area contributed by atoms with E-state index < -0.39 is 6.04 Å². The molecule has 0 radical (unpaired) electrons. The van der Waals surface area contributed by atoms with Crippen LogP contribution in [0.15, 0.2) is 77.3 Å². The summed E-state index contributed by atoms with van der Waals surface area (Å²) in [5.74, 6) is 0.958. The van der Waals surface area contributed by atoms with Crippen LogP contribution in [0.25, 0.3) is 0 Å². The summed E-state index contributed by atoms with van der Waals surface area (Å²) in [6.07, 6.45) is 1.48. The van der Waals surface area contributed by atoms with Crippen molar-refractivity contribution in [3.63, 3.8) is 0 Å². The minimum absolute atomic E-state index is 0.00137. The van der Waals surface area contributed by atoms with E-state index in [0.717, 1.165) is 33.3 Å². The third kappa shape index (κ3) is 3.85. The summed E-state index contributed by atoms with van der Waals surface area (Å²) in [6.45, 7) is 1.87. The number of nitrogens with zero attached hydrogens (tertiary/aromatic N) is 1. The van der Waals surface area contributed by atoms with Crippen LogP contribution in [0.3, 0.4) is 0 Å². The molecule has 2 heterocycles. The Labute approximate surface area is 197 Å². The third-order valence-electron chi connectivity index (χ3n) is 6.46. The highest BCUT2D eigenvalue weighted by molar-refractivity contribution is 7.10. The highest BCUT2D eigenvalue weighted by Crippen LogP contribution is 2.48. The zero-order valence-electron chi connectivity index (χ0n) is 18.7. The van der Waals surface area contributed by atoms with Crippen molar-refractivity contribution in [3.05, 3.63) is 87.8 Å². The summed E-state index contributed by atoms with van der Waals surface area (Å²) in [5, 5.41) is 5.56. The van der Waals surface area contributed by atoms with Crippen LogP contribution in [-0.2, 0) is 9.59 Å². The lowest BCUT2D eigenvalue weighted by molar-refractivity contribution is -0.118. The van der Waals surface area contributed by atoms with E-state index in [2.05, 4.69) is 5.32 Å². The van der Waals surface area contributed by atoms with E-state index in [1.54, 1.807) is 18.4 Å². The van der Waals surface area contributed by atoms with Crippen molar-refractivity contribution in [1.29, 1.82) is 0 Å². The molecule has 6 heteroatoms. The molecule has 5 rings (SSSR count). The molecular weight excluding hydrogens is 432 g/mol. The Bertz CT molecular complexity index is 1210. The number of para-hydroxylation sites is 2. The molecule has 1 aliphatic carbocycles. The van der Waals surface area contributed by atoms with Crippen LogP contribution >= 0.6 is 11.3 Å². The van der Waals surface area contributed by atoms with E-state index in [1.165, 1.54) is 0 Å². The Hall–Kier alpha value is -3.38. The van der Waals surface area contributed by atoms with Crippen LogP contribution in [0.2, 0.25) is 0 Å². The quantitative estimate of drug-likeness (QED) is 0.516. The molecule has 3 aromatic rings. The normalized spacial score (nSPS) is 19.9. The van der Waals surface area contributed by atoms with Gasteiger partial charge >= 0.3 is 0 Å². The van der Waals surface area contributed by atoms with Crippen molar-refractivity contribution in [2.24, 2.45) is 0 Å². The summed E-state index contributed by atoms with van der Waals surface area (Å²) in [4.78, 5) is 29.8. The first-order valence-corrected chi connectivity index (χ1v) is 12.1. The number of allylic oxidation sites excluding steroid dienone is 1. The standard InChI is InChI=1S/C27H26N2O3S/c1-3-25(31)29-22-8-5-4-7-20(22)28-21-15-18(17-10-12-19(32-2)13-11-17)16-23(30)26(21)27(29)24-9-6-14-33-24/h4-14,18,27-28H,3,15-16H2,1-2H3/t18-,27+/m0/s1. The Morgan fingerprint density at radius 3 is 2.58 bits per heavy atom. The lowest BCUT2D eigenvalue weighted by atomic mass is 9.79. The highest BCUT2D eigenvalue weighted by atomic mass is 32.1. The lowest BCUT2D eigenvalue weighted by Crippen LogP contribution is -2.37. The van der Waals surface area contributed by atoms with Gasteiger partial charge in [0.25, 0.3) is 0 Å². The first-order chi connectivity index (χ1) is 16.1. The molecule has 33 heavy (non-hydrogen) atoms. The molecule has 2 atom stereocenters. The fourth-order valence-electron chi connectivity index (χ4n) is 4.86. The predicted molar refractivity (Wildman–Crippen MR) is 132 cm³/mol. The van der Waals surface area contributed by atoms with Crippen molar-refractivity contribution in [3.8, 4) is 5.75 Å². The van der Waals surface area contributed by atoms with Gasteiger partial charge in [-0.3, -0.25) is 14.5 Å². The van der Waals surface area contributed by atoms with Crippen molar-refractivity contribution < 1.29 is 14.3 Å². The zero-order chi connectivity index (χ0) is 22.9. The third-order valence-corrected chi connectivity index (χ3v) is 7.38. The molecule has 5 nitrogen and oxygen atoms in total. The first kappa shape index (κ1) is 21.5. The minimum Gasteiger partial charge on any atom is -0.497 e. The lowest BCUT2D eigenvalue weighted by Gasteiger charge is -2.34. The number of rotatable bonds is 4. The maximum Gasteiger partial charge on any atom is 0.227 e. The molecule has 1 N–H and O–H groups in total. The molecular formula is C27H26N2O3S. The summed E-state index contributed by atoms with van der Waals surface area (Å²) in [5.41, 5.74) is 4.40. The van der Waals surface area contributed by atoms with Crippen molar-refractivity contribution in [2.75, 3.05) is 17.3 Å². The Morgan fingerprint density at radius 1 is 1.09 bits per heavy atom. The van der Waals surface area contributed by atoms with Crippen LogP contribution in [0.1, 0.15) is 48.6 Å². The Balaban J connectivity index is 1.65. The molecule has 0 unspecified atom stereocenters.